The number of nitrogens with one attached hydrogen (secondary N) is 2. The van der Waals surface area contributed by atoms with E-state index in [1.807, 2.05) is 0 Å². The molecule has 0 bridgehead atoms. The first-order valence-electron chi connectivity index (χ1n) is 8.58. The van der Waals surface area contributed by atoms with Gasteiger partial charge in [-0.25, -0.2) is 0 Å². The average Bonchev–Trinajstić information content (AvgIpc) is 2.61. The lowest BCUT2D eigenvalue weighted by Crippen LogP contribution is -2.58. The molecule has 0 radical (unpaired) electrons. The molecule has 0 aliphatic carbocycles. The van der Waals surface area contributed by atoms with Gasteiger partial charge < -0.3 is 10.6 Å². The smallest absolute Gasteiger partial charge is 0.353 e. The van der Waals surface area contributed by atoms with Crippen molar-refractivity contribution in [3.05, 3.63) is 39.9 Å². The van der Waals surface area contributed by atoms with Gasteiger partial charge in [-0.3, -0.25) is 19.8 Å². The van der Waals surface area contributed by atoms with Crippen molar-refractivity contribution < 1.29 is 22.9 Å². The summed E-state index contributed by atoms with van der Waals surface area (Å²) in [6.07, 6.45) is -4.46. The van der Waals surface area contributed by atoms with Crippen molar-refractivity contribution in [1.82, 2.24) is 15.5 Å². The third kappa shape index (κ3) is 5.79. The molecule has 1 fully saturated rings. The fraction of sp³-hybridized carbons (Fsp3) is 0.588. The van der Waals surface area contributed by atoms with Gasteiger partial charge in [0.1, 0.15) is 6.04 Å². The first kappa shape index (κ1) is 24.1. The van der Waals surface area contributed by atoms with Crippen LogP contribution in [0.15, 0.2) is 24.3 Å². The van der Waals surface area contributed by atoms with Gasteiger partial charge >= 0.3 is 6.18 Å². The number of nitro benzene ring substituents is 1. The third-order valence-electron chi connectivity index (χ3n) is 4.79. The Morgan fingerprint density at radius 2 is 1.79 bits per heavy atom. The van der Waals surface area contributed by atoms with Gasteiger partial charge in [-0.2, -0.15) is 13.2 Å². The lowest BCUT2D eigenvalue weighted by Gasteiger charge is -2.36. The Morgan fingerprint density at radius 3 is 2.25 bits per heavy atom. The van der Waals surface area contributed by atoms with Crippen LogP contribution in [0, 0.1) is 10.1 Å². The van der Waals surface area contributed by atoms with E-state index in [1.54, 1.807) is 13.8 Å². The molecule has 28 heavy (non-hydrogen) atoms. The Balaban J connectivity index is 0.00000392. The third-order valence-corrected chi connectivity index (χ3v) is 4.79. The van der Waals surface area contributed by atoms with Crippen molar-refractivity contribution in [2.45, 2.75) is 31.5 Å². The minimum Gasteiger partial charge on any atom is -0.353 e. The van der Waals surface area contributed by atoms with E-state index in [0.717, 1.165) is 0 Å². The zero-order valence-electron chi connectivity index (χ0n) is 15.6. The van der Waals surface area contributed by atoms with E-state index in [1.165, 1.54) is 29.2 Å². The number of non-ortho nitro benzene ring substituents is 1. The zero-order chi connectivity index (χ0) is 20.2. The maximum atomic E-state index is 13.4. The highest BCUT2D eigenvalue weighted by Crippen LogP contribution is 2.27. The number of carbonyl (C=O) groups is 1. The largest absolute Gasteiger partial charge is 0.405 e. The summed E-state index contributed by atoms with van der Waals surface area (Å²) >= 11 is 0. The number of nitro groups is 1. The molecule has 1 heterocycles. The molecule has 1 saturated heterocycles. The molecule has 11 heteroatoms. The van der Waals surface area contributed by atoms with Crippen LogP contribution in [0.25, 0.3) is 0 Å². The predicted octanol–water partition coefficient (Wildman–Crippen LogP) is 2.25. The summed E-state index contributed by atoms with van der Waals surface area (Å²) in [4.78, 5) is 24.0. The Morgan fingerprint density at radius 1 is 1.25 bits per heavy atom. The number of nitrogens with zero attached hydrogens (tertiary/aromatic N) is 2. The molecular weight excluding hydrogens is 401 g/mol. The van der Waals surface area contributed by atoms with Crippen molar-refractivity contribution in [1.29, 1.82) is 0 Å². The van der Waals surface area contributed by atoms with Gasteiger partial charge in [-0.15, -0.1) is 12.4 Å². The van der Waals surface area contributed by atoms with Crippen molar-refractivity contribution >= 4 is 24.0 Å². The Hall–Kier alpha value is -1.91. The molecule has 2 rings (SSSR count). The summed E-state index contributed by atoms with van der Waals surface area (Å²) in [5.74, 6) is -0.569. The topological polar surface area (TPSA) is 87.5 Å². The molecule has 1 unspecified atom stereocenters. The number of carbonyl (C=O) groups excluding carboxylic acids is 1. The standard InChI is InChI=1S/C17H23F3N4O3.ClH/c1-16(2,12-3-5-13(6-4-12)24(26)27)15(25)22-11-14(17(18,19)20)23-9-7-21-8-10-23;/h3-6,14,21H,7-11H2,1-2H3,(H,22,25);1H. The molecule has 0 spiro atoms. The van der Waals surface area contributed by atoms with Crippen LogP contribution in [0.2, 0.25) is 0 Å². The summed E-state index contributed by atoms with van der Waals surface area (Å²) in [6.45, 7) is 4.04. The first-order chi connectivity index (χ1) is 12.5. The summed E-state index contributed by atoms with van der Waals surface area (Å²) in [5.41, 5.74) is -0.767. The molecule has 0 aromatic heterocycles. The fourth-order valence-corrected chi connectivity index (χ4v) is 2.99. The fourth-order valence-electron chi connectivity index (χ4n) is 2.99. The highest BCUT2D eigenvalue weighted by atomic mass is 35.5. The molecule has 7 nitrogen and oxygen atoms in total. The Bertz CT molecular complexity index is 677. The number of hydrogen-bond donors (Lipinski definition) is 2. The highest BCUT2D eigenvalue weighted by molar-refractivity contribution is 5.87. The van der Waals surface area contributed by atoms with E-state index in [0.29, 0.717) is 18.7 Å². The number of alkyl halides is 3. The van der Waals surface area contributed by atoms with Gasteiger partial charge in [0.25, 0.3) is 5.69 Å². The van der Waals surface area contributed by atoms with Crippen LogP contribution in [0.4, 0.5) is 18.9 Å². The van der Waals surface area contributed by atoms with E-state index in [-0.39, 0.29) is 31.2 Å². The van der Waals surface area contributed by atoms with Gasteiger partial charge in [0.2, 0.25) is 5.91 Å². The van der Waals surface area contributed by atoms with Crippen LogP contribution in [0.1, 0.15) is 19.4 Å². The predicted molar refractivity (Wildman–Crippen MR) is 101 cm³/mol. The number of hydrogen-bond acceptors (Lipinski definition) is 5. The quantitative estimate of drug-likeness (QED) is 0.540. The minimum atomic E-state index is -4.46. The number of benzene rings is 1. The van der Waals surface area contributed by atoms with Gasteiger partial charge in [0.15, 0.2) is 0 Å². The van der Waals surface area contributed by atoms with Crippen LogP contribution < -0.4 is 10.6 Å². The monoisotopic (exact) mass is 424 g/mol. The minimum absolute atomic E-state index is 0. The molecule has 0 saturated carbocycles. The molecule has 1 aliphatic heterocycles. The van der Waals surface area contributed by atoms with Gasteiger partial charge in [0, 0.05) is 44.9 Å². The van der Waals surface area contributed by atoms with Crippen molar-refractivity contribution in [3.8, 4) is 0 Å². The van der Waals surface area contributed by atoms with Gasteiger partial charge in [-0.05, 0) is 19.4 Å². The van der Waals surface area contributed by atoms with Crippen molar-refractivity contribution in [3.63, 3.8) is 0 Å². The summed E-state index contributed by atoms with van der Waals surface area (Å²) in [6, 6.07) is 3.66. The molecule has 1 aliphatic rings. The second-order valence-electron chi connectivity index (χ2n) is 6.98. The normalized spacial score (nSPS) is 16.8. The highest BCUT2D eigenvalue weighted by Gasteiger charge is 2.44. The van der Waals surface area contributed by atoms with E-state index < -0.39 is 35.0 Å². The summed E-state index contributed by atoms with van der Waals surface area (Å²) < 4.78 is 40.3. The van der Waals surface area contributed by atoms with E-state index in [2.05, 4.69) is 10.6 Å². The van der Waals surface area contributed by atoms with Gasteiger partial charge in [0.05, 0.1) is 10.3 Å². The maximum absolute atomic E-state index is 13.4. The molecule has 1 aromatic carbocycles. The lowest BCUT2D eigenvalue weighted by molar-refractivity contribution is -0.384. The molecule has 1 atom stereocenters. The van der Waals surface area contributed by atoms with Crippen molar-refractivity contribution in [2.75, 3.05) is 32.7 Å². The zero-order valence-corrected chi connectivity index (χ0v) is 16.4. The van der Waals surface area contributed by atoms with Crippen LogP contribution in [0.3, 0.4) is 0 Å². The van der Waals surface area contributed by atoms with E-state index in [9.17, 15) is 28.1 Å². The number of piperazine rings is 1. The van der Waals surface area contributed by atoms with E-state index >= 15 is 0 Å². The number of amides is 1. The van der Waals surface area contributed by atoms with Crippen LogP contribution >= 0.6 is 12.4 Å². The lowest BCUT2D eigenvalue weighted by atomic mass is 9.83. The molecular formula is C17H24ClF3N4O3. The molecule has 158 valence electrons. The second kappa shape index (κ2) is 9.53. The van der Waals surface area contributed by atoms with Crippen LogP contribution in [-0.2, 0) is 10.2 Å². The van der Waals surface area contributed by atoms with E-state index in [4.69, 9.17) is 0 Å². The van der Waals surface area contributed by atoms with Crippen LogP contribution in [-0.4, -0.2) is 60.7 Å². The average molecular weight is 425 g/mol. The molecule has 2 N–H and O–H groups in total. The SMILES string of the molecule is CC(C)(C(=O)NCC(N1CCNCC1)C(F)(F)F)c1ccc([N+](=O)[O-])cc1.Cl. The Kier molecular flexibility index (Phi) is 8.21. The second-order valence-corrected chi connectivity index (χ2v) is 6.98. The van der Waals surface area contributed by atoms with Crippen molar-refractivity contribution in [2.24, 2.45) is 0 Å². The first-order valence-corrected chi connectivity index (χ1v) is 8.58. The molecule has 1 amide bonds. The maximum Gasteiger partial charge on any atom is 0.405 e. The molecule has 1 aromatic rings. The van der Waals surface area contributed by atoms with Gasteiger partial charge in [-0.1, -0.05) is 12.1 Å². The Labute approximate surface area is 167 Å². The number of rotatable bonds is 6. The summed E-state index contributed by atoms with van der Waals surface area (Å²) in [7, 11) is 0. The van der Waals surface area contributed by atoms with Crippen LogP contribution in [0.5, 0.6) is 0 Å². The summed E-state index contributed by atoms with van der Waals surface area (Å²) in [5, 5.41) is 16.1. The number of halogens is 4.